The van der Waals surface area contributed by atoms with Gasteiger partial charge in [-0.3, -0.25) is 10.2 Å². The molecule has 0 radical (unpaired) electrons. The molecule has 0 atom stereocenters. The van der Waals surface area contributed by atoms with Crippen molar-refractivity contribution in [2.75, 3.05) is 12.0 Å². The maximum absolute atomic E-state index is 11.3. The highest BCUT2D eigenvalue weighted by molar-refractivity contribution is 9.10. The number of carbonyl (C=O) groups excluding carboxylic acids is 1. The second kappa shape index (κ2) is 7.90. The molecule has 1 aromatic carbocycles. The van der Waals surface area contributed by atoms with Crippen molar-refractivity contribution < 1.29 is 9.53 Å². The largest absolute Gasteiger partial charge is 0.466 e. The molecule has 0 aliphatic rings. The number of anilines is 1. The second-order valence-electron chi connectivity index (χ2n) is 4.05. The van der Waals surface area contributed by atoms with Crippen LogP contribution in [-0.4, -0.2) is 23.8 Å². The number of hydrogen-bond donors (Lipinski definition) is 1. The molecule has 0 aliphatic carbocycles. The number of hydrazone groups is 1. The van der Waals surface area contributed by atoms with Crippen LogP contribution in [0.5, 0.6) is 0 Å². The predicted octanol–water partition coefficient (Wildman–Crippen LogP) is 3.46. The van der Waals surface area contributed by atoms with E-state index in [9.17, 15) is 4.79 Å². The summed E-state index contributed by atoms with van der Waals surface area (Å²) in [5, 5.41) is 6.57. The summed E-state index contributed by atoms with van der Waals surface area (Å²) in [6, 6.07) is 7.79. The van der Waals surface area contributed by atoms with E-state index in [1.54, 1.807) is 13.1 Å². The molecule has 0 amide bonds. The monoisotopic (exact) mass is 367 g/mol. The lowest BCUT2D eigenvalue weighted by molar-refractivity contribution is -0.142. The molecule has 0 aliphatic heterocycles. The number of nitrogens with one attached hydrogen (secondary N) is 1. The van der Waals surface area contributed by atoms with Gasteiger partial charge in [0.1, 0.15) is 0 Å². The molecule has 2 rings (SSSR count). The van der Waals surface area contributed by atoms with Crippen molar-refractivity contribution >= 4 is 44.6 Å². The van der Waals surface area contributed by atoms with E-state index in [0.29, 0.717) is 17.4 Å². The van der Waals surface area contributed by atoms with Gasteiger partial charge in [0, 0.05) is 9.85 Å². The predicted molar refractivity (Wildman–Crippen MR) is 87.8 cm³/mol. The number of nitrogens with zero attached hydrogens (tertiary/aromatic N) is 2. The fraction of sp³-hybridized carbons (Fsp3) is 0.214. The van der Waals surface area contributed by atoms with E-state index in [-0.39, 0.29) is 12.4 Å². The van der Waals surface area contributed by atoms with Crippen molar-refractivity contribution in [2.45, 2.75) is 13.3 Å². The summed E-state index contributed by atoms with van der Waals surface area (Å²) in [5.41, 5.74) is 4.51. The van der Waals surface area contributed by atoms with Gasteiger partial charge in [0.15, 0.2) is 0 Å². The number of hydrogen-bond acceptors (Lipinski definition) is 6. The smallest absolute Gasteiger partial charge is 0.311 e. The standard InChI is InChI=1S/C14H14BrN3O2S/c1-2-20-13(19)7-12-9-21-14(17-12)18-16-8-10-3-5-11(15)6-4-10/h3-6,8-9H,2,7H2,1H3,(H,17,18)/b16-8-. The van der Waals surface area contributed by atoms with Crippen LogP contribution >= 0.6 is 27.3 Å². The fourth-order valence-corrected chi connectivity index (χ4v) is 2.43. The lowest BCUT2D eigenvalue weighted by Gasteiger charge is -1.98. The summed E-state index contributed by atoms with van der Waals surface area (Å²) >= 11 is 4.77. The Labute approximate surface area is 135 Å². The van der Waals surface area contributed by atoms with Crippen molar-refractivity contribution in [1.29, 1.82) is 0 Å². The van der Waals surface area contributed by atoms with Crippen LogP contribution in [0.25, 0.3) is 0 Å². The fourth-order valence-electron chi connectivity index (χ4n) is 1.51. The summed E-state index contributed by atoms with van der Waals surface area (Å²) in [4.78, 5) is 15.6. The van der Waals surface area contributed by atoms with Gasteiger partial charge in [-0.25, -0.2) is 4.98 Å². The molecule has 21 heavy (non-hydrogen) atoms. The number of carbonyl (C=O) groups is 1. The third-order valence-electron chi connectivity index (χ3n) is 2.43. The molecular weight excluding hydrogens is 354 g/mol. The Balaban J connectivity index is 1.87. The maximum Gasteiger partial charge on any atom is 0.311 e. The van der Waals surface area contributed by atoms with Gasteiger partial charge in [0.05, 0.1) is 24.9 Å². The highest BCUT2D eigenvalue weighted by Crippen LogP contribution is 2.16. The molecule has 0 spiro atoms. The second-order valence-corrected chi connectivity index (χ2v) is 5.82. The third-order valence-corrected chi connectivity index (χ3v) is 3.75. The molecular formula is C14H14BrN3O2S. The average molecular weight is 368 g/mol. The number of ether oxygens (including phenoxy) is 1. The van der Waals surface area contributed by atoms with Gasteiger partial charge in [-0.05, 0) is 24.6 Å². The Morgan fingerprint density at radius 2 is 2.24 bits per heavy atom. The Morgan fingerprint density at radius 1 is 1.48 bits per heavy atom. The number of halogens is 1. The number of esters is 1. The summed E-state index contributed by atoms with van der Waals surface area (Å²) < 4.78 is 5.90. The van der Waals surface area contributed by atoms with Crippen LogP contribution in [0, 0.1) is 0 Å². The molecule has 7 heteroatoms. The number of aromatic nitrogens is 1. The first-order chi connectivity index (χ1) is 10.2. The minimum atomic E-state index is -0.271. The van der Waals surface area contributed by atoms with Gasteiger partial charge in [-0.2, -0.15) is 5.10 Å². The molecule has 110 valence electrons. The van der Waals surface area contributed by atoms with Gasteiger partial charge in [-0.15, -0.1) is 11.3 Å². The molecule has 1 aromatic heterocycles. The van der Waals surface area contributed by atoms with Crippen LogP contribution in [0.15, 0.2) is 39.2 Å². The Morgan fingerprint density at radius 3 is 2.95 bits per heavy atom. The summed E-state index contributed by atoms with van der Waals surface area (Å²) in [6.07, 6.45) is 1.89. The van der Waals surface area contributed by atoms with Crippen LogP contribution in [0.4, 0.5) is 5.13 Å². The van der Waals surface area contributed by atoms with E-state index in [1.807, 2.05) is 29.6 Å². The molecule has 0 fully saturated rings. The van der Waals surface area contributed by atoms with Gasteiger partial charge in [-0.1, -0.05) is 28.1 Å². The quantitative estimate of drug-likeness (QED) is 0.482. The van der Waals surface area contributed by atoms with Crippen LogP contribution in [0.1, 0.15) is 18.2 Å². The zero-order chi connectivity index (χ0) is 15.1. The SMILES string of the molecule is CCOC(=O)Cc1csc(N/N=C\c2ccc(Br)cc2)n1. The Kier molecular flexibility index (Phi) is 5.89. The van der Waals surface area contributed by atoms with E-state index in [2.05, 4.69) is 31.4 Å². The Hall–Kier alpha value is -1.73. The Bertz CT molecular complexity index is 625. The molecule has 1 heterocycles. The molecule has 0 unspecified atom stereocenters. The van der Waals surface area contributed by atoms with Gasteiger partial charge in [0.2, 0.25) is 5.13 Å². The lowest BCUT2D eigenvalue weighted by atomic mass is 10.2. The highest BCUT2D eigenvalue weighted by Gasteiger charge is 2.07. The van der Waals surface area contributed by atoms with E-state index in [0.717, 1.165) is 10.0 Å². The number of benzene rings is 1. The molecule has 0 saturated heterocycles. The number of thiazole rings is 1. The summed E-state index contributed by atoms with van der Waals surface area (Å²) in [6.45, 7) is 2.16. The summed E-state index contributed by atoms with van der Waals surface area (Å²) in [5.74, 6) is -0.271. The third kappa shape index (κ3) is 5.28. The lowest BCUT2D eigenvalue weighted by Crippen LogP contribution is -2.07. The topological polar surface area (TPSA) is 63.6 Å². The van der Waals surface area contributed by atoms with Crippen molar-refractivity contribution in [3.8, 4) is 0 Å². The zero-order valence-corrected chi connectivity index (χ0v) is 13.8. The molecule has 1 N–H and O–H groups in total. The van der Waals surface area contributed by atoms with E-state index in [4.69, 9.17) is 4.74 Å². The average Bonchev–Trinajstić information content (AvgIpc) is 2.89. The van der Waals surface area contributed by atoms with Gasteiger partial charge in [0.25, 0.3) is 0 Å². The van der Waals surface area contributed by atoms with Crippen LogP contribution < -0.4 is 5.43 Å². The van der Waals surface area contributed by atoms with Crippen molar-refractivity contribution in [1.82, 2.24) is 4.98 Å². The minimum Gasteiger partial charge on any atom is -0.466 e. The minimum absolute atomic E-state index is 0.183. The zero-order valence-electron chi connectivity index (χ0n) is 11.4. The number of rotatable bonds is 6. The molecule has 5 nitrogen and oxygen atoms in total. The van der Waals surface area contributed by atoms with Crippen molar-refractivity contribution in [3.63, 3.8) is 0 Å². The molecule has 0 bridgehead atoms. The highest BCUT2D eigenvalue weighted by atomic mass is 79.9. The normalized spacial score (nSPS) is 10.8. The van der Waals surface area contributed by atoms with Gasteiger partial charge < -0.3 is 4.74 Å². The van der Waals surface area contributed by atoms with E-state index < -0.39 is 0 Å². The maximum atomic E-state index is 11.3. The van der Waals surface area contributed by atoms with Crippen LogP contribution in [0.2, 0.25) is 0 Å². The van der Waals surface area contributed by atoms with Crippen molar-refractivity contribution in [3.05, 3.63) is 45.4 Å². The van der Waals surface area contributed by atoms with Gasteiger partial charge >= 0.3 is 5.97 Å². The van der Waals surface area contributed by atoms with Crippen LogP contribution in [-0.2, 0) is 16.0 Å². The van der Waals surface area contributed by atoms with E-state index >= 15 is 0 Å². The van der Waals surface area contributed by atoms with Crippen molar-refractivity contribution in [2.24, 2.45) is 5.10 Å². The first-order valence-electron chi connectivity index (χ1n) is 6.32. The van der Waals surface area contributed by atoms with E-state index in [1.165, 1.54) is 11.3 Å². The summed E-state index contributed by atoms with van der Waals surface area (Å²) in [7, 11) is 0. The molecule has 0 saturated carbocycles. The molecule has 2 aromatic rings. The van der Waals surface area contributed by atoms with Crippen LogP contribution in [0.3, 0.4) is 0 Å². The first-order valence-corrected chi connectivity index (χ1v) is 7.99. The first kappa shape index (κ1) is 15.7.